The van der Waals surface area contributed by atoms with Crippen molar-refractivity contribution >= 4 is 0 Å². The molecule has 0 radical (unpaired) electrons. The van der Waals surface area contributed by atoms with E-state index in [4.69, 9.17) is 6.42 Å². The lowest BCUT2D eigenvalue weighted by atomic mass is 9.92. The number of rotatable bonds is 2. The Morgan fingerprint density at radius 2 is 1.12 bits per heavy atom. The number of hydrogen-bond donors (Lipinski definition) is 0. The lowest BCUT2D eigenvalue weighted by Gasteiger charge is -2.10. The van der Waals surface area contributed by atoms with Gasteiger partial charge in [-0.2, -0.15) is 0 Å². The molecule has 0 heteroatoms. The topological polar surface area (TPSA) is 0 Å². The molecule has 2 aromatic carbocycles. The van der Waals surface area contributed by atoms with Crippen LogP contribution < -0.4 is 0 Å². The predicted molar refractivity (Wildman–Crippen MR) is 74.9 cm³/mol. The minimum Gasteiger partial charge on any atom is -0.119 e. The van der Waals surface area contributed by atoms with E-state index in [1.165, 1.54) is 11.1 Å². The lowest BCUT2D eigenvalue weighted by molar-refractivity contribution is 1.07. The van der Waals surface area contributed by atoms with Crippen molar-refractivity contribution in [3.8, 4) is 12.3 Å². The van der Waals surface area contributed by atoms with E-state index in [9.17, 15) is 0 Å². The highest BCUT2D eigenvalue weighted by Crippen LogP contribution is 2.22. The van der Waals surface area contributed by atoms with Crippen LogP contribution in [0.4, 0.5) is 0 Å². The molecule has 2 aromatic rings. The van der Waals surface area contributed by atoms with Crippen LogP contribution in [0, 0.1) is 12.3 Å². The van der Waals surface area contributed by atoms with Gasteiger partial charge in [0.1, 0.15) is 0 Å². The monoisotopic (exact) mass is 222 g/mol. The average Bonchev–Trinajstić information content (AvgIpc) is 2.44. The summed E-state index contributed by atoms with van der Waals surface area (Å²) in [6.07, 6.45) is 5.59. The molecule has 0 saturated heterocycles. The molecule has 2 rings (SSSR count). The van der Waals surface area contributed by atoms with Gasteiger partial charge in [-0.3, -0.25) is 0 Å². The molecule has 0 aliphatic heterocycles. The largest absolute Gasteiger partial charge is 0.119 e. The first-order chi connectivity index (χ1) is 8.42. The van der Waals surface area contributed by atoms with Gasteiger partial charge >= 0.3 is 0 Å². The fourth-order valence-corrected chi connectivity index (χ4v) is 1.68. The van der Waals surface area contributed by atoms with E-state index in [1.54, 1.807) is 0 Å². The second kappa shape index (κ2) is 7.30. The molecule has 86 valence electrons. The second-order valence-corrected chi connectivity index (χ2v) is 3.42. The van der Waals surface area contributed by atoms with Gasteiger partial charge in [-0.15, -0.1) is 6.42 Å². The number of benzene rings is 2. The molecule has 0 amide bonds. The minimum absolute atomic E-state index is 0.0624. The SMILES string of the molecule is C#CC(c1ccccc1)c1ccccc1.CC. The highest BCUT2D eigenvalue weighted by atomic mass is 14.1. The number of terminal acetylenes is 1. The van der Waals surface area contributed by atoms with E-state index in [2.05, 4.69) is 30.2 Å². The molecule has 0 saturated carbocycles. The first-order valence-corrected chi connectivity index (χ1v) is 5.98. The molecule has 0 N–H and O–H groups in total. The van der Waals surface area contributed by atoms with Crippen LogP contribution in [0.3, 0.4) is 0 Å². The maximum absolute atomic E-state index is 5.59. The fraction of sp³-hybridized carbons (Fsp3) is 0.176. The molecule has 0 aliphatic carbocycles. The fourth-order valence-electron chi connectivity index (χ4n) is 1.68. The Bertz CT molecular complexity index is 409. The van der Waals surface area contributed by atoms with E-state index in [-0.39, 0.29) is 5.92 Å². The average molecular weight is 222 g/mol. The van der Waals surface area contributed by atoms with Gasteiger partial charge in [-0.05, 0) is 11.1 Å². The smallest absolute Gasteiger partial charge is 0.0699 e. The van der Waals surface area contributed by atoms with Crippen molar-refractivity contribution in [1.29, 1.82) is 0 Å². The van der Waals surface area contributed by atoms with Gasteiger partial charge in [0.05, 0.1) is 5.92 Å². The van der Waals surface area contributed by atoms with Gasteiger partial charge in [-0.1, -0.05) is 80.4 Å². The van der Waals surface area contributed by atoms with E-state index in [0.717, 1.165) is 0 Å². The summed E-state index contributed by atoms with van der Waals surface area (Å²) in [6.45, 7) is 4.00. The Labute approximate surface area is 104 Å². The zero-order valence-electron chi connectivity index (χ0n) is 10.4. The van der Waals surface area contributed by atoms with Crippen molar-refractivity contribution in [2.45, 2.75) is 19.8 Å². The third kappa shape index (κ3) is 3.50. The Kier molecular flexibility index (Phi) is 5.61. The van der Waals surface area contributed by atoms with Crippen molar-refractivity contribution in [1.82, 2.24) is 0 Å². The zero-order valence-corrected chi connectivity index (χ0v) is 10.4. The summed E-state index contributed by atoms with van der Waals surface area (Å²) in [7, 11) is 0. The maximum atomic E-state index is 5.59. The summed E-state index contributed by atoms with van der Waals surface area (Å²) in [6, 6.07) is 20.3. The molecule has 0 aliphatic rings. The first-order valence-electron chi connectivity index (χ1n) is 5.98. The molecule has 0 heterocycles. The Morgan fingerprint density at radius 1 is 0.765 bits per heavy atom. The molecule has 0 unspecified atom stereocenters. The van der Waals surface area contributed by atoms with Gasteiger partial charge in [0.25, 0.3) is 0 Å². The molecule has 0 fully saturated rings. The van der Waals surface area contributed by atoms with E-state index in [1.807, 2.05) is 50.2 Å². The normalized spacial score (nSPS) is 9.06. The Morgan fingerprint density at radius 3 is 1.41 bits per heavy atom. The van der Waals surface area contributed by atoms with Gasteiger partial charge in [-0.25, -0.2) is 0 Å². The maximum Gasteiger partial charge on any atom is 0.0699 e. The zero-order chi connectivity index (χ0) is 12.5. The molecule has 0 spiro atoms. The van der Waals surface area contributed by atoms with Crippen LogP contribution in [0.2, 0.25) is 0 Å². The van der Waals surface area contributed by atoms with Crippen LogP contribution in [-0.4, -0.2) is 0 Å². The van der Waals surface area contributed by atoms with Gasteiger partial charge in [0, 0.05) is 0 Å². The van der Waals surface area contributed by atoms with Crippen LogP contribution in [0.1, 0.15) is 30.9 Å². The predicted octanol–water partition coefficient (Wildman–Crippen LogP) is 4.48. The highest BCUT2D eigenvalue weighted by Gasteiger charge is 2.09. The summed E-state index contributed by atoms with van der Waals surface area (Å²) in [5, 5.41) is 0. The highest BCUT2D eigenvalue weighted by molar-refractivity contribution is 5.38. The van der Waals surface area contributed by atoms with Crippen LogP contribution in [0.15, 0.2) is 60.7 Å². The van der Waals surface area contributed by atoms with E-state index in [0.29, 0.717) is 0 Å². The van der Waals surface area contributed by atoms with E-state index < -0.39 is 0 Å². The molecule has 0 bridgehead atoms. The number of hydrogen-bond acceptors (Lipinski definition) is 0. The third-order valence-corrected chi connectivity index (χ3v) is 2.43. The van der Waals surface area contributed by atoms with Crippen LogP contribution in [0.25, 0.3) is 0 Å². The quantitative estimate of drug-likeness (QED) is 0.657. The van der Waals surface area contributed by atoms with E-state index >= 15 is 0 Å². The Balaban J connectivity index is 0.000000686. The van der Waals surface area contributed by atoms with Crippen molar-refractivity contribution < 1.29 is 0 Å². The summed E-state index contributed by atoms with van der Waals surface area (Å²) in [5.41, 5.74) is 2.34. The van der Waals surface area contributed by atoms with Crippen molar-refractivity contribution in [3.63, 3.8) is 0 Å². The van der Waals surface area contributed by atoms with Gasteiger partial charge in [0.15, 0.2) is 0 Å². The lowest BCUT2D eigenvalue weighted by Crippen LogP contribution is -1.96. The van der Waals surface area contributed by atoms with Crippen LogP contribution >= 0.6 is 0 Å². The second-order valence-electron chi connectivity index (χ2n) is 3.42. The summed E-state index contributed by atoms with van der Waals surface area (Å²) >= 11 is 0. The van der Waals surface area contributed by atoms with Crippen molar-refractivity contribution in [2.24, 2.45) is 0 Å². The van der Waals surface area contributed by atoms with Crippen molar-refractivity contribution in [2.75, 3.05) is 0 Å². The molecular weight excluding hydrogens is 204 g/mol. The van der Waals surface area contributed by atoms with Gasteiger partial charge < -0.3 is 0 Å². The standard InChI is InChI=1S/C15H12.C2H6/c1-2-15(13-9-5-3-6-10-13)14-11-7-4-8-12-14;1-2/h1,3-12,15H;1-2H3. The third-order valence-electron chi connectivity index (χ3n) is 2.43. The van der Waals surface area contributed by atoms with Crippen LogP contribution in [-0.2, 0) is 0 Å². The Hall–Kier alpha value is -2.00. The summed E-state index contributed by atoms with van der Waals surface area (Å²) in [5.74, 6) is 2.90. The first kappa shape index (κ1) is 13.1. The summed E-state index contributed by atoms with van der Waals surface area (Å²) < 4.78 is 0. The molecule has 0 nitrogen and oxygen atoms in total. The van der Waals surface area contributed by atoms with Gasteiger partial charge in [0.2, 0.25) is 0 Å². The van der Waals surface area contributed by atoms with Crippen molar-refractivity contribution in [3.05, 3.63) is 71.8 Å². The summed E-state index contributed by atoms with van der Waals surface area (Å²) in [4.78, 5) is 0. The minimum atomic E-state index is 0.0624. The molecule has 0 atom stereocenters. The molecule has 17 heavy (non-hydrogen) atoms. The molecular formula is C17H18. The molecule has 0 aromatic heterocycles. The van der Waals surface area contributed by atoms with Crippen LogP contribution in [0.5, 0.6) is 0 Å².